The standard InChI is InChI=1S/C7H8.3C6H7N.C6H8O.C6H8S.5C5H6N2.C4H5N3.12C2H6/c1-7-5-3-2-4-6-7;1-6-2-4-7-5-3-6;1-6-3-2-4-7-5-6;1-6-4-2-3-5-7-6;2*1-6-2-4-7-5-3-6;1-5-2-6-4-7-3-5;1-5-4-6-2-3-7-5;1-5-2-3-6-4-7-5;1-5-2-3-6-7-4-5;1-5-3-2-4-6-7-5;1-4-5-2-3-6-7-4;12*1-2/h2-6H,1H3;3*2-5H,1H3;2*2-6H,1H3;5*2-4H,1H3;2-3H,1H3;12*1-2H3. The fraction of sp³-hybridized carbons (Fsp3) is 0.422. The highest BCUT2D eigenvalue weighted by molar-refractivity contribution is 8.04. The molecule has 9 aromatic heterocycles. The molecule has 108 heavy (non-hydrogen) atoms. The number of aryl methyl sites for hydroxylation is 10. The molecule has 604 valence electrons. The highest BCUT2D eigenvalue weighted by Crippen LogP contribution is 2.15. The summed E-state index contributed by atoms with van der Waals surface area (Å²) < 4.78 is 4.78. The van der Waals surface area contributed by atoms with Crippen molar-refractivity contribution in [1.29, 1.82) is 0 Å². The van der Waals surface area contributed by atoms with Crippen LogP contribution in [0.3, 0.4) is 0 Å². The van der Waals surface area contributed by atoms with Crippen molar-refractivity contribution in [2.24, 2.45) is 11.8 Å². The van der Waals surface area contributed by atoms with E-state index in [1.807, 2.05) is 325 Å². The Morgan fingerprint density at radius 3 is 0.917 bits per heavy atom. The van der Waals surface area contributed by atoms with E-state index in [0.29, 0.717) is 17.7 Å². The minimum atomic E-state index is 0.550. The van der Waals surface area contributed by atoms with Crippen LogP contribution in [0.4, 0.5) is 0 Å². The molecule has 0 amide bonds. The van der Waals surface area contributed by atoms with Crippen molar-refractivity contribution in [3.63, 3.8) is 0 Å². The highest BCUT2D eigenvalue weighted by atomic mass is 32.2. The summed E-state index contributed by atoms with van der Waals surface area (Å²) in [6, 6.07) is 31.6. The number of ether oxygens (including phenoxy) is 1. The van der Waals surface area contributed by atoms with Crippen LogP contribution in [0.5, 0.6) is 0 Å². The quantitative estimate of drug-likeness (QED) is 0.138. The third-order valence-corrected chi connectivity index (χ3v) is 10.0. The van der Waals surface area contributed by atoms with Crippen LogP contribution in [0.1, 0.15) is 236 Å². The van der Waals surface area contributed by atoms with Crippen molar-refractivity contribution in [3.8, 4) is 0 Å². The van der Waals surface area contributed by atoms with Gasteiger partial charge in [0, 0.05) is 98.1 Å². The van der Waals surface area contributed by atoms with Gasteiger partial charge in [-0.15, -0.1) is 16.9 Å². The van der Waals surface area contributed by atoms with Crippen molar-refractivity contribution in [3.05, 3.63) is 313 Å². The lowest BCUT2D eigenvalue weighted by atomic mass is 10.2. The zero-order chi connectivity index (χ0) is 85.4. The van der Waals surface area contributed by atoms with E-state index < -0.39 is 0 Å². The topological polar surface area (TPSA) is 215 Å². The Kier molecular flexibility index (Phi) is 140. The Morgan fingerprint density at radius 1 is 0.259 bits per heavy atom. The number of rotatable bonds is 0. The molecule has 18 heteroatoms. The molecule has 12 rings (SSSR count). The summed E-state index contributed by atoms with van der Waals surface area (Å²) in [6.07, 6.45) is 42.3. The molecule has 2 aliphatic rings. The fourth-order valence-corrected chi connectivity index (χ4v) is 5.67. The SMILES string of the molecule is CC.CC.CC.CC.CC.CC.CC.CC.CC.CC.CC.CC.CC1C=COC=C1.CC1C=CSC=C1.Cc1ccccc1.Cc1ccccn1.Cc1cccnc1.Cc1cccnn1.Cc1ccncc1.Cc1ccncn1.Cc1ccnnc1.Cc1cnccn1.Cc1cncnc1.Cc1nccnn1. The molecule has 0 saturated heterocycles. The smallest absolute Gasteiger partial charge is 0.147 e. The van der Waals surface area contributed by atoms with Crippen molar-refractivity contribution in [1.82, 2.24) is 80.4 Å². The summed E-state index contributed by atoms with van der Waals surface area (Å²) >= 11 is 1.74. The minimum absolute atomic E-state index is 0.550. The van der Waals surface area contributed by atoms with Crippen LogP contribution in [-0.2, 0) is 4.74 Å². The van der Waals surface area contributed by atoms with E-state index in [9.17, 15) is 0 Å². The minimum Gasteiger partial charge on any atom is -0.473 e. The molecule has 0 spiro atoms. The van der Waals surface area contributed by atoms with Gasteiger partial charge in [-0.05, 0) is 181 Å². The average molecular weight is 1510 g/mol. The summed E-state index contributed by atoms with van der Waals surface area (Å²) in [4.78, 5) is 38.4. The second-order valence-electron chi connectivity index (χ2n) is 17.6. The van der Waals surface area contributed by atoms with Crippen molar-refractivity contribution >= 4 is 11.8 Å². The summed E-state index contributed by atoms with van der Waals surface area (Å²) in [5.74, 6) is 1.91. The Balaban J connectivity index is -0.0000000907. The van der Waals surface area contributed by atoms with Crippen LogP contribution in [0.15, 0.2) is 257 Å². The average Bonchev–Trinajstić information content (AvgIpc) is 3.97. The summed E-state index contributed by atoms with van der Waals surface area (Å²) in [6.45, 7) is 71.9. The molecule has 1 aromatic carbocycles. The lowest BCUT2D eigenvalue weighted by Gasteiger charge is -2.01. The van der Waals surface area contributed by atoms with Gasteiger partial charge in [0.1, 0.15) is 18.5 Å². The fourth-order valence-electron chi connectivity index (χ4n) is 4.91. The molecular formula is C90H152N16OS. The predicted octanol–water partition coefficient (Wildman–Crippen LogP) is 26.7. The second kappa shape index (κ2) is 121. The second-order valence-corrected chi connectivity index (χ2v) is 18.4. The number of thioether (sulfide) groups is 1. The van der Waals surface area contributed by atoms with Gasteiger partial charge in [-0.1, -0.05) is 240 Å². The maximum absolute atomic E-state index is 4.78. The van der Waals surface area contributed by atoms with Crippen LogP contribution in [0.25, 0.3) is 0 Å². The number of benzene rings is 1. The summed E-state index contributed by atoms with van der Waals surface area (Å²) in [5.41, 5.74) is 10.0. The van der Waals surface area contributed by atoms with Gasteiger partial charge >= 0.3 is 0 Å². The van der Waals surface area contributed by atoms with Gasteiger partial charge in [0.25, 0.3) is 0 Å². The molecule has 10 aromatic rings. The maximum atomic E-state index is 4.78. The van der Waals surface area contributed by atoms with E-state index >= 15 is 0 Å². The van der Waals surface area contributed by atoms with Gasteiger partial charge in [0.05, 0.1) is 36.3 Å². The molecule has 0 N–H and O–H groups in total. The number of hydrogen-bond donors (Lipinski definition) is 0. The highest BCUT2D eigenvalue weighted by Gasteiger charge is 1.92. The Labute approximate surface area is 667 Å². The van der Waals surface area contributed by atoms with Crippen molar-refractivity contribution in [2.45, 2.75) is 249 Å². The number of aromatic nitrogens is 16. The van der Waals surface area contributed by atoms with Crippen LogP contribution in [0.2, 0.25) is 0 Å². The Bertz CT molecular complexity index is 2450. The van der Waals surface area contributed by atoms with Crippen molar-refractivity contribution in [2.75, 3.05) is 0 Å². The third kappa shape index (κ3) is 117. The first kappa shape index (κ1) is 125. The molecule has 0 unspecified atom stereocenters. The van der Waals surface area contributed by atoms with Gasteiger partial charge in [0.2, 0.25) is 0 Å². The lowest BCUT2D eigenvalue weighted by molar-refractivity contribution is 0.386. The molecule has 0 saturated carbocycles. The van der Waals surface area contributed by atoms with E-state index in [1.165, 1.54) is 29.3 Å². The first-order chi connectivity index (χ1) is 52.7. The molecule has 2 aliphatic heterocycles. The zero-order valence-electron chi connectivity index (χ0n) is 74.4. The zero-order valence-corrected chi connectivity index (χ0v) is 75.2. The van der Waals surface area contributed by atoms with E-state index in [0.717, 1.165) is 33.9 Å². The normalized spacial score (nSPS) is 8.93. The van der Waals surface area contributed by atoms with Crippen LogP contribution in [0, 0.1) is 81.1 Å². The van der Waals surface area contributed by atoms with E-state index in [4.69, 9.17) is 4.74 Å². The molecule has 11 heterocycles. The van der Waals surface area contributed by atoms with E-state index in [-0.39, 0.29) is 0 Å². The Hall–Kier alpha value is -9.81. The summed E-state index contributed by atoms with van der Waals surface area (Å²) in [7, 11) is 0. The molecule has 0 aliphatic carbocycles. The first-order valence-electron chi connectivity index (χ1n) is 38.6. The van der Waals surface area contributed by atoms with E-state index in [2.05, 4.69) is 136 Å². The first-order valence-corrected chi connectivity index (χ1v) is 39.5. The molecule has 0 radical (unpaired) electrons. The summed E-state index contributed by atoms with van der Waals surface area (Å²) in [5, 5.41) is 26.0. The monoisotopic (exact) mass is 1510 g/mol. The molecule has 0 bridgehead atoms. The van der Waals surface area contributed by atoms with Crippen LogP contribution < -0.4 is 0 Å². The number of pyridine rings is 3. The van der Waals surface area contributed by atoms with Crippen LogP contribution >= 0.6 is 11.8 Å². The van der Waals surface area contributed by atoms with Gasteiger partial charge in [-0.25, -0.2) is 24.9 Å². The van der Waals surface area contributed by atoms with Gasteiger partial charge in [-0.3, -0.25) is 24.9 Å². The van der Waals surface area contributed by atoms with Gasteiger partial charge < -0.3 is 4.74 Å². The van der Waals surface area contributed by atoms with Crippen LogP contribution in [-0.4, -0.2) is 80.4 Å². The lowest BCUT2D eigenvalue weighted by Crippen LogP contribution is -1.86. The number of allylic oxidation sites excluding steroid dienone is 4. The number of nitrogens with zero attached hydrogens (tertiary/aromatic N) is 16. The molecule has 0 atom stereocenters. The molecule has 17 nitrogen and oxygen atoms in total. The molecule has 0 fully saturated rings. The molecular weight excluding hydrogens is 1350 g/mol. The van der Waals surface area contributed by atoms with Crippen molar-refractivity contribution < 1.29 is 4.74 Å². The third-order valence-electron chi connectivity index (χ3n) is 9.40. The van der Waals surface area contributed by atoms with Gasteiger partial charge in [-0.2, -0.15) is 25.5 Å². The van der Waals surface area contributed by atoms with Gasteiger partial charge in [0.15, 0.2) is 0 Å². The van der Waals surface area contributed by atoms with E-state index in [1.54, 1.807) is 124 Å². The Morgan fingerprint density at radius 2 is 0.694 bits per heavy atom. The largest absolute Gasteiger partial charge is 0.473 e. The number of hydrogen-bond acceptors (Lipinski definition) is 18. The predicted molar refractivity (Wildman–Crippen MR) is 476 cm³/mol. The maximum Gasteiger partial charge on any atom is 0.147 e.